The van der Waals surface area contributed by atoms with Gasteiger partial charge in [-0.25, -0.2) is 4.79 Å². The van der Waals surface area contributed by atoms with E-state index in [2.05, 4.69) is 5.32 Å². The van der Waals surface area contributed by atoms with Crippen LogP contribution in [0.2, 0.25) is 0 Å². The summed E-state index contributed by atoms with van der Waals surface area (Å²) in [6.07, 6.45) is 1.67. The van der Waals surface area contributed by atoms with Crippen LogP contribution in [0.15, 0.2) is 24.3 Å². The molecule has 0 aromatic heterocycles. The Morgan fingerprint density at radius 1 is 1.53 bits per heavy atom. The highest BCUT2D eigenvalue weighted by Crippen LogP contribution is 2.12. The van der Waals surface area contributed by atoms with Crippen molar-refractivity contribution in [1.82, 2.24) is 5.32 Å². The van der Waals surface area contributed by atoms with Crippen molar-refractivity contribution in [2.75, 3.05) is 25.2 Å². The van der Waals surface area contributed by atoms with Crippen molar-refractivity contribution in [2.45, 2.75) is 13.0 Å². The van der Waals surface area contributed by atoms with Crippen molar-refractivity contribution in [3.63, 3.8) is 0 Å². The lowest BCUT2D eigenvalue weighted by molar-refractivity contribution is 0.0696. The van der Waals surface area contributed by atoms with E-state index in [9.17, 15) is 9.00 Å². The van der Waals surface area contributed by atoms with E-state index in [1.165, 1.54) is 12.1 Å². The molecule has 2 atom stereocenters. The Morgan fingerprint density at radius 3 is 2.89 bits per heavy atom. The number of rotatable bonds is 8. The molecule has 19 heavy (non-hydrogen) atoms. The van der Waals surface area contributed by atoms with Crippen molar-refractivity contribution in [1.29, 1.82) is 0 Å². The molecule has 6 heteroatoms. The Balaban J connectivity index is 2.31. The van der Waals surface area contributed by atoms with E-state index < -0.39 is 16.8 Å². The van der Waals surface area contributed by atoms with E-state index in [4.69, 9.17) is 9.84 Å². The molecule has 1 rings (SSSR count). The standard InChI is InChI=1S/C13H19NO4S/c1-10(9-19(2)17)14-6-7-18-12-5-3-4-11(8-12)13(15)16/h3-5,8,10,14H,6-7,9H2,1-2H3,(H,15,16). The molecule has 0 aliphatic carbocycles. The van der Waals surface area contributed by atoms with Gasteiger partial charge in [0, 0.05) is 35.4 Å². The number of aromatic carboxylic acids is 1. The first kappa shape index (κ1) is 15.7. The number of hydrogen-bond acceptors (Lipinski definition) is 4. The average Bonchev–Trinajstić information content (AvgIpc) is 2.34. The van der Waals surface area contributed by atoms with Crippen LogP contribution in [-0.2, 0) is 10.8 Å². The molecule has 0 heterocycles. The van der Waals surface area contributed by atoms with Gasteiger partial charge < -0.3 is 15.2 Å². The Labute approximate surface area is 115 Å². The van der Waals surface area contributed by atoms with Gasteiger partial charge in [0.2, 0.25) is 0 Å². The lowest BCUT2D eigenvalue weighted by Crippen LogP contribution is -2.34. The highest BCUT2D eigenvalue weighted by Gasteiger charge is 2.05. The quantitative estimate of drug-likeness (QED) is 0.700. The summed E-state index contributed by atoms with van der Waals surface area (Å²) >= 11 is 0. The van der Waals surface area contributed by atoms with E-state index >= 15 is 0 Å². The predicted molar refractivity (Wildman–Crippen MR) is 75.3 cm³/mol. The zero-order valence-electron chi connectivity index (χ0n) is 11.1. The number of ether oxygens (including phenoxy) is 1. The summed E-state index contributed by atoms with van der Waals surface area (Å²) in [5.41, 5.74) is 0.209. The fourth-order valence-corrected chi connectivity index (χ4v) is 2.43. The third kappa shape index (κ3) is 6.35. The minimum absolute atomic E-state index is 0.166. The van der Waals surface area contributed by atoms with Crippen LogP contribution in [0.25, 0.3) is 0 Å². The second kappa shape index (κ2) is 7.91. The second-order valence-corrected chi connectivity index (χ2v) is 5.76. The molecule has 0 fully saturated rings. The fraction of sp³-hybridized carbons (Fsp3) is 0.462. The van der Waals surface area contributed by atoms with Crippen molar-refractivity contribution in [3.8, 4) is 5.75 Å². The number of benzene rings is 1. The fourth-order valence-electron chi connectivity index (χ4n) is 1.60. The van der Waals surface area contributed by atoms with Crippen LogP contribution in [0.4, 0.5) is 0 Å². The molecule has 2 N–H and O–H groups in total. The van der Waals surface area contributed by atoms with Gasteiger partial charge in [-0.1, -0.05) is 6.07 Å². The minimum Gasteiger partial charge on any atom is -0.492 e. The highest BCUT2D eigenvalue weighted by atomic mass is 32.2. The molecule has 106 valence electrons. The van der Waals surface area contributed by atoms with Gasteiger partial charge >= 0.3 is 5.97 Å². The maximum absolute atomic E-state index is 11.0. The smallest absolute Gasteiger partial charge is 0.335 e. The molecular weight excluding hydrogens is 266 g/mol. The summed E-state index contributed by atoms with van der Waals surface area (Å²) in [4.78, 5) is 10.8. The van der Waals surface area contributed by atoms with Gasteiger partial charge in [0.25, 0.3) is 0 Å². The molecular formula is C13H19NO4S. The molecule has 1 aromatic carbocycles. The number of nitrogens with one attached hydrogen (secondary N) is 1. The van der Waals surface area contributed by atoms with Gasteiger partial charge in [0.05, 0.1) is 5.56 Å². The third-order valence-corrected chi connectivity index (χ3v) is 3.40. The van der Waals surface area contributed by atoms with E-state index in [0.29, 0.717) is 24.7 Å². The zero-order chi connectivity index (χ0) is 14.3. The Bertz CT molecular complexity index is 450. The second-order valence-electron chi connectivity index (χ2n) is 4.28. The van der Waals surface area contributed by atoms with Crippen molar-refractivity contribution in [2.24, 2.45) is 0 Å². The van der Waals surface area contributed by atoms with Crippen molar-refractivity contribution in [3.05, 3.63) is 29.8 Å². The van der Waals surface area contributed by atoms with E-state index in [-0.39, 0.29) is 11.6 Å². The molecule has 0 spiro atoms. The molecule has 2 unspecified atom stereocenters. The van der Waals surface area contributed by atoms with Gasteiger partial charge in [-0.2, -0.15) is 0 Å². The Hall–Kier alpha value is -1.40. The number of hydrogen-bond donors (Lipinski definition) is 2. The van der Waals surface area contributed by atoms with E-state index in [1.807, 2.05) is 6.92 Å². The third-order valence-electron chi connectivity index (χ3n) is 2.43. The summed E-state index contributed by atoms with van der Waals surface area (Å²) in [7, 11) is -0.814. The van der Waals surface area contributed by atoms with Crippen LogP contribution >= 0.6 is 0 Å². The molecule has 0 aliphatic rings. The van der Waals surface area contributed by atoms with E-state index in [0.717, 1.165) is 0 Å². The maximum Gasteiger partial charge on any atom is 0.335 e. The maximum atomic E-state index is 11.0. The molecule has 5 nitrogen and oxygen atoms in total. The Morgan fingerprint density at radius 2 is 2.26 bits per heavy atom. The monoisotopic (exact) mass is 285 g/mol. The summed E-state index contributed by atoms with van der Waals surface area (Å²) in [5, 5.41) is 12.0. The lowest BCUT2D eigenvalue weighted by Gasteiger charge is -2.13. The van der Waals surface area contributed by atoms with Crippen molar-refractivity contribution >= 4 is 16.8 Å². The van der Waals surface area contributed by atoms with Crippen LogP contribution in [0.5, 0.6) is 5.75 Å². The SMILES string of the molecule is CC(CS(C)=O)NCCOc1cccc(C(=O)O)c1. The Kier molecular flexibility index (Phi) is 6.52. The minimum atomic E-state index is -0.970. The van der Waals surface area contributed by atoms with Crippen LogP contribution in [0.1, 0.15) is 17.3 Å². The average molecular weight is 285 g/mol. The zero-order valence-corrected chi connectivity index (χ0v) is 11.9. The first-order valence-electron chi connectivity index (χ1n) is 5.98. The first-order valence-corrected chi connectivity index (χ1v) is 7.71. The van der Waals surface area contributed by atoms with Gasteiger partial charge in [0.1, 0.15) is 12.4 Å². The largest absolute Gasteiger partial charge is 0.492 e. The molecule has 0 saturated carbocycles. The first-order chi connectivity index (χ1) is 8.99. The molecule has 0 bridgehead atoms. The predicted octanol–water partition coefficient (Wildman–Crippen LogP) is 1.12. The normalized spacial score (nSPS) is 13.8. The van der Waals surface area contributed by atoms with Crippen LogP contribution in [0, 0.1) is 0 Å². The molecule has 1 aromatic rings. The summed E-state index contributed by atoms with van der Waals surface area (Å²) in [6.45, 7) is 3.02. The van der Waals surface area contributed by atoms with E-state index in [1.54, 1.807) is 18.4 Å². The van der Waals surface area contributed by atoms with Gasteiger partial charge in [-0.3, -0.25) is 4.21 Å². The van der Waals surface area contributed by atoms with Crippen molar-refractivity contribution < 1.29 is 18.8 Å². The molecule has 0 amide bonds. The number of carbonyl (C=O) groups is 1. The molecule has 0 aliphatic heterocycles. The number of carboxylic acids is 1. The highest BCUT2D eigenvalue weighted by molar-refractivity contribution is 7.84. The van der Waals surface area contributed by atoms with Crippen LogP contribution in [-0.4, -0.2) is 46.5 Å². The number of carboxylic acid groups (broad SMARTS) is 1. The lowest BCUT2D eigenvalue weighted by atomic mass is 10.2. The van der Waals surface area contributed by atoms with Gasteiger partial charge in [-0.15, -0.1) is 0 Å². The van der Waals surface area contributed by atoms with Gasteiger partial charge in [-0.05, 0) is 25.1 Å². The summed E-state index contributed by atoms with van der Waals surface area (Å²) < 4.78 is 16.4. The van der Waals surface area contributed by atoms with Gasteiger partial charge in [0.15, 0.2) is 0 Å². The topological polar surface area (TPSA) is 75.6 Å². The summed E-state index contributed by atoms with van der Waals surface area (Å²) in [6, 6.07) is 6.55. The molecule has 0 radical (unpaired) electrons. The van der Waals surface area contributed by atoms with Crippen LogP contribution < -0.4 is 10.1 Å². The van der Waals surface area contributed by atoms with Crippen LogP contribution in [0.3, 0.4) is 0 Å². The summed E-state index contributed by atoms with van der Waals surface area (Å²) in [5.74, 6) is 0.171. The molecule has 0 saturated heterocycles.